The van der Waals surface area contributed by atoms with Gasteiger partial charge in [-0.25, -0.2) is 14.3 Å². The topological polar surface area (TPSA) is 92.4 Å². The molecule has 0 spiro atoms. The Bertz CT molecular complexity index is 642. The number of carboxylic acid groups (broad SMARTS) is 2. The number of nitrogens with zero attached hydrogens (tertiary/aromatic N) is 2. The number of aryl methyl sites for hydroxylation is 2. The molecule has 0 saturated heterocycles. The molecule has 0 bridgehead atoms. The van der Waals surface area contributed by atoms with Crippen LogP contribution in [-0.2, 0) is 0 Å². The minimum absolute atomic E-state index is 0.328. The predicted molar refractivity (Wildman–Crippen MR) is 67.0 cm³/mol. The van der Waals surface area contributed by atoms with Crippen LogP contribution < -0.4 is 0 Å². The van der Waals surface area contributed by atoms with Crippen molar-refractivity contribution in [3.63, 3.8) is 0 Å². The van der Waals surface area contributed by atoms with Crippen molar-refractivity contribution in [2.24, 2.45) is 0 Å². The summed E-state index contributed by atoms with van der Waals surface area (Å²) in [7, 11) is 0. The summed E-state index contributed by atoms with van der Waals surface area (Å²) in [4.78, 5) is 21.9. The molecule has 2 aromatic rings. The summed E-state index contributed by atoms with van der Waals surface area (Å²) in [6.45, 7) is 3.87. The van der Waals surface area contributed by atoms with Crippen LogP contribution in [0.5, 0.6) is 0 Å². The average Bonchev–Trinajstić information content (AvgIpc) is 2.78. The van der Waals surface area contributed by atoms with E-state index in [2.05, 4.69) is 5.10 Å². The van der Waals surface area contributed by atoms with Crippen molar-refractivity contribution in [2.45, 2.75) is 13.8 Å². The number of rotatable bonds is 3. The van der Waals surface area contributed by atoms with E-state index >= 15 is 0 Å². The van der Waals surface area contributed by atoms with Crippen molar-refractivity contribution < 1.29 is 19.8 Å². The molecule has 0 amide bonds. The highest BCUT2D eigenvalue weighted by Crippen LogP contribution is 2.16. The fraction of sp³-hybridized carbons (Fsp3) is 0.154. The van der Waals surface area contributed by atoms with E-state index in [9.17, 15) is 9.59 Å². The molecule has 0 aliphatic heterocycles. The van der Waals surface area contributed by atoms with Crippen LogP contribution in [-0.4, -0.2) is 31.9 Å². The molecular formula is C13H12N2O4. The first-order valence-electron chi connectivity index (χ1n) is 5.54. The lowest BCUT2D eigenvalue weighted by molar-refractivity contribution is 0.0648. The van der Waals surface area contributed by atoms with Crippen LogP contribution in [0.15, 0.2) is 24.4 Å². The summed E-state index contributed by atoms with van der Waals surface area (Å²) in [6.07, 6.45) is 1.20. The van der Waals surface area contributed by atoms with E-state index in [1.165, 1.54) is 10.9 Å². The number of carbonyl (C=O) groups is 2. The van der Waals surface area contributed by atoms with E-state index in [4.69, 9.17) is 10.2 Å². The first-order valence-corrected chi connectivity index (χ1v) is 5.54. The number of carboxylic acids is 2. The second-order valence-electron chi connectivity index (χ2n) is 4.21. The van der Waals surface area contributed by atoms with Gasteiger partial charge in [-0.15, -0.1) is 0 Å². The Kier molecular flexibility index (Phi) is 3.08. The molecule has 0 atom stereocenters. The number of aromatic carboxylic acids is 2. The van der Waals surface area contributed by atoms with E-state index in [1.54, 1.807) is 6.07 Å². The summed E-state index contributed by atoms with van der Waals surface area (Å²) in [6, 6.07) is 5.44. The molecule has 19 heavy (non-hydrogen) atoms. The standard InChI is InChI=1S/C13H12N2O4/c1-7-3-4-9(5-8(7)2)15-6-10(12(16)17)11(14-15)13(18)19/h3-6H,1-2H3,(H,16,17)(H,18,19). The van der Waals surface area contributed by atoms with Crippen LogP contribution >= 0.6 is 0 Å². The van der Waals surface area contributed by atoms with Crippen molar-refractivity contribution in [2.75, 3.05) is 0 Å². The van der Waals surface area contributed by atoms with Crippen LogP contribution in [0.3, 0.4) is 0 Å². The highest BCUT2D eigenvalue weighted by molar-refractivity contribution is 6.00. The Morgan fingerprint density at radius 2 is 1.79 bits per heavy atom. The van der Waals surface area contributed by atoms with Crippen LogP contribution in [0.2, 0.25) is 0 Å². The molecular weight excluding hydrogens is 248 g/mol. The van der Waals surface area contributed by atoms with Gasteiger partial charge in [0.2, 0.25) is 0 Å². The van der Waals surface area contributed by atoms with E-state index in [1.807, 2.05) is 26.0 Å². The van der Waals surface area contributed by atoms with Gasteiger partial charge in [-0.2, -0.15) is 5.10 Å². The van der Waals surface area contributed by atoms with Crippen molar-refractivity contribution in [1.82, 2.24) is 9.78 Å². The van der Waals surface area contributed by atoms with E-state index < -0.39 is 17.6 Å². The fourth-order valence-corrected chi connectivity index (χ4v) is 1.69. The summed E-state index contributed by atoms with van der Waals surface area (Å²) in [5, 5.41) is 21.7. The third-order valence-corrected chi connectivity index (χ3v) is 2.90. The van der Waals surface area contributed by atoms with Crippen molar-refractivity contribution >= 4 is 11.9 Å². The molecule has 0 saturated carbocycles. The normalized spacial score (nSPS) is 10.4. The molecule has 98 valence electrons. The first-order chi connectivity index (χ1) is 8.90. The van der Waals surface area contributed by atoms with E-state index in [-0.39, 0.29) is 5.56 Å². The second-order valence-corrected chi connectivity index (χ2v) is 4.21. The van der Waals surface area contributed by atoms with Crippen LogP contribution in [0.4, 0.5) is 0 Å². The number of hydrogen-bond donors (Lipinski definition) is 2. The molecule has 0 fully saturated rings. The Morgan fingerprint density at radius 3 is 2.26 bits per heavy atom. The van der Waals surface area contributed by atoms with E-state index in [0.29, 0.717) is 5.69 Å². The Morgan fingerprint density at radius 1 is 1.11 bits per heavy atom. The van der Waals surface area contributed by atoms with E-state index in [0.717, 1.165) is 11.1 Å². The SMILES string of the molecule is Cc1ccc(-n2cc(C(=O)O)c(C(=O)O)n2)cc1C. The highest BCUT2D eigenvalue weighted by atomic mass is 16.4. The maximum Gasteiger partial charge on any atom is 0.357 e. The molecule has 2 rings (SSSR count). The monoisotopic (exact) mass is 260 g/mol. The largest absolute Gasteiger partial charge is 0.478 e. The van der Waals surface area contributed by atoms with Gasteiger partial charge in [0.25, 0.3) is 0 Å². The lowest BCUT2D eigenvalue weighted by atomic mass is 10.1. The van der Waals surface area contributed by atoms with Crippen LogP contribution in [0, 0.1) is 13.8 Å². The third kappa shape index (κ3) is 2.33. The average molecular weight is 260 g/mol. The zero-order valence-corrected chi connectivity index (χ0v) is 10.4. The van der Waals surface area contributed by atoms with Gasteiger partial charge in [-0.1, -0.05) is 6.07 Å². The van der Waals surface area contributed by atoms with Crippen molar-refractivity contribution in [3.05, 3.63) is 46.8 Å². The number of aromatic nitrogens is 2. The smallest absolute Gasteiger partial charge is 0.357 e. The first kappa shape index (κ1) is 12.8. The molecule has 1 heterocycles. The molecule has 0 aliphatic carbocycles. The van der Waals surface area contributed by atoms with Gasteiger partial charge in [0.1, 0.15) is 5.56 Å². The summed E-state index contributed by atoms with van der Waals surface area (Å²) >= 11 is 0. The van der Waals surface area contributed by atoms with Crippen LogP contribution in [0.1, 0.15) is 32.0 Å². The molecule has 2 N–H and O–H groups in total. The summed E-state index contributed by atoms with van der Waals surface area (Å²) in [5.74, 6) is -2.67. The maximum atomic E-state index is 11.0. The minimum atomic E-state index is -1.36. The fourth-order valence-electron chi connectivity index (χ4n) is 1.69. The Hall–Kier alpha value is -2.63. The lowest BCUT2D eigenvalue weighted by Crippen LogP contribution is -2.06. The molecule has 1 aromatic heterocycles. The van der Waals surface area contributed by atoms with Gasteiger partial charge in [-0.05, 0) is 37.1 Å². The lowest BCUT2D eigenvalue weighted by Gasteiger charge is -2.04. The van der Waals surface area contributed by atoms with Gasteiger partial charge in [0.15, 0.2) is 5.69 Å². The van der Waals surface area contributed by atoms with Gasteiger partial charge in [0.05, 0.1) is 5.69 Å². The molecule has 6 nitrogen and oxygen atoms in total. The molecule has 6 heteroatoms. The second kappa shape index (κ2) is 4.56. The van der Waals surface area contributed by atoms with Crippen molar-refractivity contribution in [1.29, 1.82) is 0 Å². The quantitative estimate of drug-likeness (QED) is 0.879. The van der Waals surface area contributed by atoms with Crippen LogP contribution in [0.25, 0.3) is 5.69 Å². The number of benzene rings is 1. The molecule has 0 aliphatic rings. The predicted octanol–water partition coefficient (Wildman–Crippen LogP) is 1.89. The summed E-state index contributed by atoms with van der Waals surface area (Å²) < 4.78 is 1.26. The van der Waals surface area contributed by atoms with Crippen molar-refractivity contribution in [3.8, 4) is 5.69 Å². The zero-order valence-electron chi connectivity index (χ0n) is 10.4. The third-order valence-electron chi connectivity index (χ3n) is 2.90. The molecule has 0 radical (unpaired) electrons. The molecule has 1 aromatic carbocycles. The molecule has 0 unspecified atom stereocenters. The van der Waals surface area contributed by atoms with Gasteiger partial charge < -0.3 is 10.2 Å². The van der Waals surface area contributed by atoms with Gasteiger partial charge >= 0.3 is 11.9 Å². The zero-order chi connectivity index (χ0) is 14.2. The summed E-state index contributed by atoms with van der Waals surface area (Å²) in [5.41, 5.74) is 1.93. The highest BCUT2D eigenvalue weighted by Gasteiger charge is 2.21. The Labute approximate surface area is 108 Å². The number of hydrogen-bond acceptors (Lipinski definition) is 3. The minimum Gasteiger partial charge on any atom is -0.478 e. The van der Waals surface area contributed by atoms with Gasteiger partial charge in [0, 0.05) is 6.20 Å². The Balaban J connectivity index is 2.57. The van der Waals surface area contributed by atoms with Gasteiger partial charge in [-0.3, -0.25) is 0 Å². The maximum absolute atomic E-state index is 11.0.